The molecule has 1 N–H and O–H groups in total. The van der Waals surface area contributed by atoms with E-state index < -0.39 is 0 Å². The molecule has 0 saturated carbocycles. The zero-order valence-corrected chi connectivity index (χ0v) is 11.3. The summed E-state index contributed by atoms with van der Waals surface area (Å²) in [6.45, 7) is 3.57. The number of rotatable bonds is 4. The maximum absolute atomic E-state index is 4.39. The number of nitrogens with one attached hydrogen (secondary N) is 1. The van der Waals surface area contributed by atoms with Crippen LogP contribution in [0.4, 0.5) is 0 Å². The predicted molar refractivity (Wildman–Crippen MR) is 69.3 cm³/mol. The van der Waals surface area contributed by atoms with Crippen molar-refractivity contribution in [2.24, 2.45) is 0 Å². The average molecular weight is 298 g/mol. The van der Waals surface area contributed by atoms with Crippen LogP contribution in [0.1, 0.15) is 16.4 Å². The smallest absolute Gasteiger partial charge is 0.107 e. The van der Waals surface area contributed by atoms with Crippen LogP contribution in [0.2, 0.25) is 0 Å². The fourth-order valence-electron chi connectivity index (χ4n) is 1.33. The van der Waals surface area contributed by atoms with E-state index in [1.165, 1.54) is 0 Å². The van der Waals surface area contributed by atoms with Gasteiger partial charge in [0, 0.05) is 24.2 Å². The molecule has 2 heterocycles. The second-order valence-corrected chi connectivity index (χ2v) is 5.19. The third-order valence-corrected chi connectivity index (χ3v) is 3.43. The lowest BCUT2D eigenvalue weighted by Gasteiger charge is -2.02. The van der Waals surface area contributed by atoms with Crippen molar-refractivity contribution in [3.8, 4) is 0 Å². The number of halogens is 1. The van der Waals surface area contributed by atoms with E-state index in [0.29, 0.717) is 0 Å². The first kappa shape index (κ1) is 11.7. The highest BCUT2D eigenvalue weighted by Crippen LogP contribution is 2.09. The zero-order chi connectivity index (χ0) is 11.4. The van der Waals surface area contributed by atoms with Crippen LogP contribution in [0.3, 0.4) is 0 Å². The molecule has 16 heavy (non-hydrogen) atoms. The Kier molecular flexibility index (Phi) is 4.04. The number of aromatic nitrogens is 2. The van der Waals surface area contributed by atoms with Crippen LogP contribution in [0, 0.1) is 6.92 Å². The molecule has 0 aliphatic rings. The van der Waals surface area contributed by atoms with Gasteiger partial charge in [-0.05, 0) is 35.0 Å². The number of pyridine rings is 1. The van der Waals surface area contributed by atoms with E-state index in [2.05, 4.69) is 36.6 Å². The Morgan fingerprint density at radius 3 is 2.88 bits per heavy atom. The fraction of sp³-hybridized carbons (Fsp3) is 0.273. The molecule has 0 saturated heterocycles. The molecule has 0 amide bonds. The summed E-state index contributed by atoms with van der Waals surface area (Å²) in [4.78, 5) is 8.73. The lowest BCUT2D eigenvalue weighted by molar-refractivity contribution is 0.675. The topological polar surface area (TPSA) is 37.8 Å². The Balaban J connectivity index is 1.84. The maximum atomic E-state index is 4.39. The van der Waals surface area contributed by atoms with Crippen molar-refractivity contribution < 1.29 is 0 Å². The van der Waals surface area contributed by atoms with Gasteiger partial charge in [-0.3, -0.25) is 0 Å². The summed E-state index contributed by atoms with van der Waals surface area (Å²) in [5, 5.41) is 6.51. The van der Waals surface area contributed by atoms with Crippen molar-refractivity contribution in [3.05, 3.63) is 44.6 Å². The minimum atomic E-state index is 0.762. The van der Waals surface area contributed by atoms with Crippen molar-refractivity contribution in [2.45, 2.75) is 20.0 Å². The third kappa shape index (κ3) is 3.37. The van der Waals surface area contributed by atoms with E-state index >= 15 is 0 Å². The standard InChI is InChI=1S/C11H12BrN3S/c1-8-7-16-11(14-8)6-13-5-9-3-2-4-10(12)15-9/h2-4,7,13H,5-6H2,1H3. The average Bonchev–Trinajstić information content (AvgIpc) is 2.64. The molecule has 0 aromatic carbocycles. The van der Waals surface area contributed by atoms with Crippen molar-refractivity contribution in [1.82, 2.24) is 15.3 Å². The highest BCUT2D eigenvalue weighted by molar-refractivity contribution is 9.10. The largest absolute Gasteiger partial charge is 0.305 e. The molecule has 0 bridgehead atoms. The van der Waals surface area contributed by atoms with Crippen molar-refractivity contribution in [1.29, 1.82) is 0 Å². The lowest BCUT2D eigenvalue weighted by Crippen LogP contribution is -2.13. The molecule has 2 rings (SSSR count). The first-order valence-electron chi connectivity index (χ1n) is 4.97. The van der Waals surface area contributed by atoms with Gasteiger partial charge in [-0.1, -0.05) is 6.07 Å². The van der Waals surface area contributed by atoms with Crippen molar-refractivity contribution in [2.75, 3.05) is 0 Å². The summed E-state index contributed by atoms with van der Waals surface area (Å²) in [5.41, 5.74) is 2.12. The van der Waals surface area contributed by atoms with Crippen LogP contribution >= 0.6 is 27.3 Å². The van der Waals surface area contributed by atoms with Crippen LogP contribution < -0.4 is 5.32 Å². The minimum Gasteiger partial charge on any atom is -0.305 e. The summed E-state index contributed by atoms with van der Waals surface area (Å²) < 4.78 is 0.872. The molecule has 0 unspecified atom stereocenters. The van der Waals surface area contributed by atoms with E-state index in [-0.39, 0.29) is 0 Å². The molecule has 0 fully saturated rings. The van der Waals surface area contributed by atoms with E-state index in [0.717, 1.165) is 34.1 Å². The maximum Gasteiger partial charge on any atom is 0.107 e. The predicted octanol–water partition coefficient (Wildman–Crippen LogP) is 2.90. The normalized spacial score (nSPS) is 10.6. The van der Waals surface area contributed by atoms with Crippen molar-refractivity contribution in [3.63, 3.8) is 0 Å². The summed E-state index contributed by atoms with van der Waals surface area (Å²) in [7, 11) is 0. The molecule has 2 aromatic rings. The molecule has 84 valence electrons. The van der Waals surface area contributed by atoms with Crippen LogP contribution in [0.5, 0.6) is 0 Å². The quantitative estimate of drug-likeness (QED) is 0.882. The molecule has 0 spiro atoms. The van der Waals surface area contributed by atoms with Crippen molar-refractivity contribution >= 4 is 27.3 Å². The summed E-state index contributed by atoms with van der Waals surface area (Å²) >= 11 is 5.04. The van der Waals surface area contributed by atoms with Gasteiger partial charge in [0.05, 0.1) is 5.69 Å². The summed E-state index contributed by atoms with van der Waals surface area (Å²) in [6.07, 6.45) is 0. The number of hydrogen-bond donors (Lipinski definition) is 1. The third-order valence-electron chi connectivity index (χ3n) is 2.02. The van der Waals surface area contributed by atoms with Gasteiger partial charge >= 0.3 is 0 Å². The molecular weight excluding hydrogens is 286 g/mol. The van der Waals surface area contributed by atoms with Gasteiger partial charge in [0.25, 0.3) is 0 Å². The lowest BCUT2D eigenvalue weighted by atomic mass is 10.3. The van der Waals surface area contributed by atoms with Crippen LogP contribution in [0.15, 0.2) is 28.2 Å². The monoisotopic (exact) mass is 297 g/mol. The number of thiazole rings is 1. The first-order valence-corrected chi connectivity index (χ1v) is 6.64. The minimum absolute atomic E-state index is 0.762. The highest BCUT2D eigenvalue weighted by Gasteiger charge is 1.99. The van der Waals surface area contributed by atoms with Gasteiger partial charge in [-0.25, -0.2) is 9.97 Å². The Labute approximate surface area is 107 Å². The van der Waals surface area contributed by atoms with Gasteiger partial charge < -0.3 is 5.32 Å². The second kappa shape index (κ2) is 5.52. The molecule has 0 radical (unpaired) electrons. The fourth-order valence-corrected chi connectivity index (χ4v) is 2.45. The molecule has 2 aromatic heterocycles. The van der Waals surface area contributed by atoms with Crippen LogP contribution in [-0.4, -0.2) is 9.97 Å². The van der Waals surface area contributed by atoms with E-state index in [1.807, 2.05) is 25.1 Å². The number of aryl methyl sites for hydroxylation is 1. The summed E-state index contributed by atoms with van der Waals surface area (Å²) in [6, 6.07) is 5.92. The zero-order valence-electron chi connectivity index (χ0n) is 8.90. The van der Waals surface area contributed by atoms with Gasteiger partial charge in [0.1, 0.15) is 9.61 Å². The van der Waals surface area contributed by atoms with E-state index in [1.54, 1.807) is 11.3 Å². The van der Waals surface area contributed by atoms with E-state index in [9.17, 15) is 0 Å². The Morgan fingerprint density at radius 1 is 1.31 bits per heavy atom. The molecule has 3 nitrogen and oxygen atoms in total. The van der Waals surface area contributed by atoms with E-state index in [4.69, 9.17) is 0 Å². The van der Waals surface area contributed by atoms with Gasteiger partial charge in [0.15, 0.2) is 0 Å². The highest BCUT2D eigenvalue weighted by atomic mass is 79.9. The van der Waals surface area contributed by atoms with Gasteiger partial charge in [0.2, 0.25) is 0 Å². The Bertz CT molecular complexity index is 470. The second-order valence-electron chi connectivity index (χ2n) is 3.44. The van der Waals surface area contributed by atoms with Gasteiger partial charge in [-0.15, -0.1) is 11.3 Å². The SMILES string of the molecule is Cc1csc(CNCc2cccc(Br)n2)n1. The Hall–Kier alpha value is -0.780. The molecular formula is C11H12BrN3S. The molecule has 0 atom stereocenters. The first-order chi connectivity index (χ1) is 7.74. The van der Waals surface area contributed by atoms with Crippen LogP contribution in [-0.2, 0) is 13.1 Å². The van der Waals surface area contributed by atoms with Gasteiger partial charge in [-0.2, -0.15) is 0 Å². The number of hydrogen-bond acceptors (Lipinski definition) is 4. The Morgan fingerprint density at radius 2 is 2.19 bits per heavy atom. The van der Waals surface area contributed by atoms with Crippen LogP contribution in [0.25, 0.3) is 0 Å². The molecule has 0 aliphatic carbocycles. The summed E-state index contributed by atoms with van der Waals surface area (Å²) in [5.74, 6) is 0. The molecule has 5 heteroatoms. The number of nitrogens with zero attached hydrogens (tertiary/aromatic N) is 2. The molecule has 0 aliphatic heterocycles.